The minimum atomic E-state index is -0.432. The number of hydrogen-bond donors (Lipinski definition) is 0. The molecule has 0 unspecified atom stereocenters. The fraction of sp³-hybridized carbons (Fsp3) is 0.632. The zero-order valence-corrected chi connectivity index (χ0v) is 14.0. The Kier molecular flexibility index (Phi) is 4.77. The molecule has 4 nitrogen and oxygen atoms in total. The number of benzene rings is 1. The lowest BCUT2D eigenvalue weighted by Gasteiger charge is -2.35. The highest BCUT2D eigenvalue weighted by atomic mass is 16.5. The molecule has 2 fully saturated rings. The first kappa shape index (κ1) is 16.1. The average molecular weight is 315 g/mol. The highest BCUT2D eigenvalue weighted by molar-refractivity contribution is 5.47. The molecule has 0 atom stereocenters. The van der Waals surface area contributed by atoms with Crippen molar-refractivity contribution in [2.75, 3.05) is 20.8 Å². The van der Waals surface area contributed by atoms with Gasteiger partial charge in [-0.3, -0.25) is 0 Å². The molecule has 3 rings (SSSR count). The molecule has 2 aliphatic carbocycles. The van der Waals surface area contributed by atoms with Crippen molar-refractivity contribution in [3.63, 3.8) is 0 Å². The van der Waals surface area contributed by atoms with Crippen LogP contribution in [0.15, 0.2) is 18.2 Å². The third kappa shape index (κ3) is 3.45. The van der Waals surface area contributed by atoms with Crippen LogP contribution in [0.1, 0.15) is 44.1 Å². The summed E-state index contributed by atoms with van der Waals surface area (Å²) in [5.74, 6) is 2.19. The fourth-order valence-corrected chi connectivity index (χ4v) is 3.36. The monoisotopic (exact) mass is 315 g/mol. The largest absolute Gasteiger partial charge is 0.493 e. The summed E-state index contributed by atoms with van der Waals surface area (Å²) in [6.45, 7) is 0.741. The SMILES string of the molecule is COc1ccc(C2(C#N)CCC(OC)CC2)cc1OCC1CC1. The molecule has 2 aliphatic rings. The second-order valence-corrected chi connectivity index (χ2v) is 6.75. The van der Waals surface area contributed by atoms with Crippen LogP contribution in [-0.4, -0.2) is 26.9 Å². The maximum absolute atomic E-state index is 9.84. The molecule has 0 spiro atoms. The first-order valence-electron chi connectivity index (χ1n) is 8.46. The molecule has 0 radical (unpaired) electrons. The molecule has 0 amide bonds. The summed E-state index contributed by atoms with van der Waals surface area (Å²) in [5.41, 5.74) is 0.611. The third-order valence-corrected chi connectivity index (χ3v) is 5.22. The molecule has 4 heteroatoms. The molecule has 23 heavy (non-hydrogen) atoms. The highest BCUT2D eigenvalue weighted by Crippen LogP contribution is 2.43. The summed E-state index contributed by atoms with van der Waals surface area (Å²) in [7, 11) is 3.41. The van der Waals surface area contributed by atoms with Crippen molar-refractivity contribution in [1.82, 2.24) is 0 Å². The summed E-state index contributed by atoms with van der Waals surface area (Å²) in [5, 5.41) is 9.84. The summed E-state index contributed by atoms with van der Waals surface area (Å²) in [6.07, 6.45) is 6.29. The molecule has 0 aromatic heterocycles. The van der Waals surface area contributed by atoms with Gasteiger partial charge in [0.05, 0.1) is 31.3 Å². The Morgan fingerprint density at radius 1 is 1.13 bits per heavy atom. The van der Waals surface area contributed by atoms with Crippen LogP contribution >= 0.6 is 0 Å². The zero-order chi connectivity index (χ0) is 16.3. The highest BCUT2D eigenvalue weighted by Gasteiger charge is 2.38. The summed E-state index contributed by atoms with van der Waals surface area (Å²) in [6, 6.07) is 8.52. The van der Waals surface area contributed by atoms with Gasteiger partial charge in [0.15, 0.2) is 11.5 Å². The number of methoxy groups -OCH3 is 2. The number of nitriles is 1. The van der Waals surface area contributed by atoms with Crippen LogP contribution in [0, 0.1) is 17.2 Å². The number of nitrogens with zero attached hydrogens (tertiary/aromatic N) is 1. The Labute approximate surface area is 138 Å². The Morgan fingerprint density at radius 2 is 1.87 bits per heavy atom. The van der Waals surface area contributed by atoms with Crippen LogP contribution in [0.4, 0.5) is 0 Å². The maximum Gasteiger partial charge on any atom is 0.161 e. The van der Waals surface area contributed by atoms with E-state index in [9.17, 15) is 5.26 Å². The minimum Gasteiger partial charge on any atom is -0.493 e. The average Bonchev–Trinajstić information content (AvgIpc) is 3.44. The first-order valence-corrected chi connectivity index (χ1v) is 8.46. The van der Waals surface area contributed by atoms with Crippen LogP contribution in [0.2, 0.25) is 0 Å². The van der Waals surface area contributed by atoms with Crippen molar-refractivity contribution in [1.29, 1.82) is 5.26 Å². The first-order chi connectivity index (χ1) is 11.2. The van der Waals surface area contributed by atoms with E-state index in [0.717, 1.165) is 49.4 Å². The van der Waals surface area contributed by atoms with Crippen molar-refractivity contribution in [2.45, 2.75) is 50.0 Å². The lowest BCUT2D eigenvalue weighted by atomic mass is 9.69. The van der Waals surface area contributed by atoms with Gasteiger partial charge in [0, 0.05) is 7.11 Å². The van der Waals surface area contributed by atoms with Crippen molar-refractivity contribution in [2.24, 2.45) is 5.92 Å². The Balaban J connectivity index is 1.82. The molecular formula is C19H25NO3. The van der Waals surface area contributed by atoms with E-state index in [1.165, 1.54) is 12.8 Å². The van der Waals surface area contributed by atoms with E-state index in [1.54, 1.807) is 14.2 Å². The van der Waals surface area contributed by atoms with Crippen LogP contribution in [-0.2, 0) is 10.2 Å². The van der Waals surface area contributed by atoms with Crippen LogP contribution in [0.5, 0.6) is 11.5 Å². The molecular weight excluding hydrogens is 290 g/mol. The summed E-state index contributed by atoms with van der Waals surface area (Å²) in [4.78, 5) is 0. The van der Waals surface area contributed by atoms with Gasteiger partial charge in [-0.1, -0.05) is 6.07 Å². The van der Waals surface area contributed by atoms with Gasteiger partial charge < -0.3 is 14.2 Å². The van der Waals surface area contributed by atoms with Crippen molar-refractivity contribution < 1.29 is 14.2 Å². The number of rotatable bonds is 6. The van der Waals surface area contributed by atoms with Gasteiger partial charge in [0.2, 0.25) is 0 Å². The molecule has 0 saturated heterocycles. The Morgan fingerprint density at radius 3 is 2.43 bits per heavy atom. The van der Waals surface area contributed by atoms with Gasteiger partial charge in [-0.25, -0.2) is 0 Å². The quantitative estimate of drug-likeness (QED) is 0.800. The lowest BCUT2D eigenvalue weighted by Crippen LogP contribution is -2.33. The van der Waals surface area contributed by atoms with E-state index in [2.05, 4.69) is 6.07 Å². The minimum absolute atomic E-state index is 0.278. The van der Waals surface area contributed by atoms with Crippen LogP contribution < -0.4 is 9.47 Å². The molecule has 0 aliphatic heterocycles. The van der Waals surface area contributed by atoms with Gasteiger partial charge in [-0.05, 0) is 62.1 Å². The molecule has 1 aromatic carbocycles. The van der Waals surface area contributed by atoms with Gasteiger partial charge in [0.1, 0.15) is 0 Å². The molecule has 124 valence electrons. The normalized spacial score (nSPS) is 27.3. The van der Waals surface area contributed by atoms with E-state index >= 15 is 0 Å². The second-order valence-electron chi connectivity index (χ2n) is 6.75. The predicted octanol–water partition coefficient (Wildman–Crippen LogP) is 3.83. The predicted molar refractivity (Wildman–Crippen MR) is 87.8 cm³/mol. The lowest BCUT2D eigenvalue weighted by molar-refractivity contribution is 0.0573. The standard InChI is InChI=1S/C19H25NO3/c1-21-16-7-9-19(13-20,10-8-16)15-5-6-17(22-2)18(11-15)23-12-14-3-4-14/h5-6,11,14,16H,3-4,7-10,12H2,1-2H3. The van der Waals surface area contributed by atoms with E-state index in [1.807, 2.05) is 18.2 Å². The summed E-state index contributed by atoms with van der Waals surface area (Å²) >= 11 is 0. The molecule has 0 heterocycles. The molecule has 2 saturated carbocycles. The third-order valence-electron chi connectivity index (χ3n) is 5.22. The Bertz CT molecular complexity index is 581. The van der Waals surface area contributed by atoms with E-state index in [4.69, 9.17) is 14.2 Å². The maximum atomic E-state index is 9.84. The number of ether oxygens (including phenoxy) is 3. The van der Waals surface area contributed by atoms with Crippen molar-refractivity contribution >= 4 is 0 Å². The van der Waals surface area contributed by atoms with Gasteiger partial charge in [0.25, 0.3) is 0 Å². The van der Waals surface area contributed by atoms with Gasteiger partial charge >= 0.3 is 0 Å². The van der Waals surface area contributed by atoms with Gasteiger partial charge in [-0.15, -0.1) is 0 Å². The van der Waals surface area contributed by atoms with Crippen molar-refractivity contribution in [3.8, 4) is 17.6 Å². The van der Waals surface area contributed by atoms with Crippen LogP contribution in [0.25, 0.3) is 0 Å². The Hall–Kier alpha value is -1.73. The zero-order valence-electron chi connectivity index (χ0n) is 14.0. The number of hydrogen-bond acceptors (Lipinski definition) is 4. The smallest absolute Gasteiger partial charge is 0.161 e. The molecule has 1 aromatic rings. The van der Waals surface area contributed by atoms with Crippen molar-refractivity contribution in [3.05, 3.63) is 23.8 Å². The van der Waals surface area contributed by atoms with Gasteiger partial charge in [-0.2, -0.15) is 5.26 Å². The van der Waals surface area contributed by atoms with E-state index in [0.29, 0.717) is 5.92 Å². The van der Waals surface area contributed by atoms with Crippen LogP contribution in [0.3, 0.4) is 0 Å². The summed E-state index contributed by atoms with van der Waals surface area (Å²) < 4.78 is 16.8. The van der Waals surface area contributed by atoms with E-state index in [-0.39, 0.29) is 6.10 Å². The topological polar surface area (TPSA) is 51.5 Å². The molecule has 0 N–H and O–H groups in total. The second kappa shape index (κ2) is 6.80. The fourth-order valence-electron chi connectivity index (χ4n) is 3.36. The molecule has 0 bridgehead atoms. The van der Waals surface area contributed by atoms with E-state index < -0.39 is 5.41 Å².